The van der Waals surface area contributed by atoms with Crippen molar-refractivity contribution in [2.75, 3.05) is 25.0 Å². The van der Waals surface area contributed by atoms with E-state index in [0.29, 0.717) is 17.8 Å². The fraction of sp³-hybridized carbons (Fsp3) is 0.429. The van der Waals surface area contributed by atoms with E-state index < -0.39 is 0 Å². The van der Waals surface area contributed by atoms with E-state index in [9.17, 15) is 9.59 Å². The van der Waals surface area contributed by atoms with Crippen LogP contribution >= 0.6 is 0 Å². The lowest BCUT2D eigenvalue weighted by atomic mass is 10.1. The summed E-state index contributed by atoms with van der Waals surface area (Å²) >= 11 is 0. The number of ketones is 1. The first kappa shape index (κ1) is 13.7. The number of benzene rings is 1. The molecule has 1 atom stereocenters. The van der Waals surface area contributed by atoms with Gasteiger partial charge in [0.2, 0.25) is 5.91 Å². The molecule has 1 aliphatic rings. The number of carbonyl (C=O) groups excluding carboxylic acids is 2. The summed E-state index contributed by atoms with van der Waals surface area (Å²) in [6, 6.07) is 7.09. The minimum Gasteiger partial charge on any atom is -0.326 e. The van der Waals surface area contributed by atoms with E-state index in [1.807, 2.05) is 4.90 Å². The summed E-state index contributed by atoms with van der Waals surface area (Å²) in [5.41, 5.74) is 7.14. The SMILES string of the molecule is CC(=O)c1ccc(NC(=O)CN2CC[C@H](N)C2)cc1. The first-order chi connectivity index (χ1) is 9.04. The normalized spacial score (nSPS) is 19.4. The smallest absolute Gasteiger partial charge is 0.238 e. The molecule has 0 unspecified atom stereocenters. The van der Waals surface area contributed by atoms with Crippen LogP contribution in [-0.4, -0.2) is 42.3 Å². The van der Waals surface area contributed by atoms with Crippen LogP contribution in [0.2, 0.25) is 0 Å². The van der Waals surface area contributed by atoms with E-state index in [1.165, 1.54) is 6.92 Å². The van der Waals surface area contributed by atoms with E-state index in [-0.39, 0.29) is 17.7 Å². The van der Waals surface area contributed by atoms with Crippen LogP contribution in [0.25, 0.3) is 0 Å². The topological polar surface area (TPSA) is 75.4 Å². The maximum absolute atomic E-state index is 11.8. The minimum absolute atomic E-state index is 0.0175. The fourth-order valence-corrected chi connectivity index (χ4v) is 2.20. The Morgan fingerprint density at radius 2 is 2.05 bits per heavy atom. The molecule has 1 aromatic rings. The second-order valence-electron chi connectivity index (χ2n) is 4.97. The lowest BCUT2D eigenvalue weighted by molar-refractivity contribution is -0.117. The van der Waals surface area contributed by atoms with Gasteiger partial charge in [0.15, 0.2) is 5.78 Å². The Hall–Kier alpha value is -1.72. The highest BCUT2D eigenvalue weighted by atomic mass is 16.2. The number of hydrogen-bond acceptors (Lipinski definition) is 4. The molecule has 0 bridgehead atoms. The summed E-state index contributed by atoms with van der Waals surface area (Å²) in [6.07, 6.45) is 0.945. The van der Waals surface area contributed by atoms with Gasteiger partial charge in [0.1, 0.15) is 0 Å². The predicted octanol–water partition coefficient (Wildman–Crippen LogP) is 0.861. The van der Waals surface area contributed by atoms with E-state index in [0.717, 1.165) is 19.5 Å². The number of likely N-dealkylation sites (tertiary alicyclic amines) is 1. The van der Waals surface area contributed by atoms with E-state index in [2.05, 4.69) is 5.32 Å². The lowest BCUT2D eigenvalue weighted by Crippen LogP contribution is -2.33. The molecule has 5 nitrogen and oxygen atoms in total. The molecule has 0 aromatic heterocycles. The quantitative estimate of drug-likeness (QED) is 0.788. The Morgan fingerprint density at radius 1 is 1.37 bits per heavy atom. The van der Waals surface area contributed by atoms with Gasteiger partial charge in [0.25, 0.3) is 0 Å². The highest BCUT2D eigenvalue weighted by Gasteiger charge is 2.20. The number of nitrogens with one attached hydrogen (secondary N) is 1. The van der Waals surface area contributed by atoms with Gasteiger partial charge in [-0.1, -0.05) is 0 Å². The molecule has 2 rings (SSSR count). The monoisotopic (exact) mass is 261 g/mol. The molecule has 0 saturated carbocycles. The standard InChI is InChI=1S/C14H19N3O2/c1-10(18)11-2-4-13(5-3-11)16-14(19)9-17-7-6-12(15)8-17/h2-5,12H,6-9,15H2,1H3,(H,16,19)/t12-/m0/s1. The third-order valence-corrected chi connectivity index (χ3v) is 3.25. The van der Waals surface area contributed by atoms with E-state index in [4.69, 9.17) is 5.73 Å². The number of carbonyl (C=O) groups is 2. The first-order valence-corrected chi connectivity index (χ1v) is 6.43. The lowest BCUT2D eigenvalue weighted by Gasteiger charge is -2.14. The number of nitrogens with zero attached hydrogens (tertiary/aromatic N) is 1. The molecule has 1 saturated heterocycles. The number of anilines is 1. The number of Topliss-reactive ketones (excluding diaryl/α,β-unsaturated/α-hetero) is 1. The van der Waals surface area contributed by atoms with Gasteiger partial charge < -0.3 is 11.1 Å². The van der Waals surface area contributed by atoms with Crippen molar-refractivity contribution >= 4 is 17.4 Å². The van der Waals surface area contributed by atoms with Gasteiger partial charge >= 0.3 is 0 Å². The van der Waals surface area contributed by atoms with Crippen LogP contribution in [0.3, 0.4) is 0 Å². The average molecular weight is 261 g/mol. The van der Waals surface area contributed by atoms with Gasteiger partial charge in [-0.3, -0.25) is 14.5 Å². The van der Waals surface area contributed by atoms with Crippen molar-refractivity contribution < 1.29 is 9.59 Å². The summed E-state index contributed by atoms with van der Waals surface area (Å²) in [4.78, 5) is 25.0. The van der Waals surface area contributed by atoms with Gasteiger partial charge in [-0.15, -0.1) is 0 Å². The molecule has 1 aromatic carbocycles. The molecule has 102 valence electrons. The molecule has 19 heavy (non-hydrogen) atoms. The maximum Gasteiger partial charge on any atom is 0.238 e. The molecule has 1 fully saturated rings. The van der Waals surface area contributed by atoms with E-state index in [1.54, 1.807) is 24.3 Å². The Labute approximate surface area is 112 Å². The molecule has 3 N–H and O–H groups in total. The summed E-state index contributed by atoms with van der Waals surface area (Å²) < 4.78 is 0. The first-order valence-electron chi connectivity index (χ1n) is 6.43. The fourth-order valence-electron chi connectivity index (χ4n) is 2.20. The molecular formula is C14H19N3O2. The summed E-state index contributed by atoms with van der Waals surface area (Å²) in [7, 11) is 0. The largest absolute Gasteiger partial charge is 0.326 e. The zero-order valence-corrected chi connectivity index (χ0v) is 11.1. The number of amides is 1. The van der Waals surface area contributed by atoms with Crippen LogP contribution in [0.4, 0.5) is 5.69 Å². The van der Waals surface area contributed by atoms with Gasteiger partial charge in [-0.05, 0) is 37.6 Å². The van der Waals surface area contributed by atoms with Crippen molar-refractivity contribution in [2.45, 2.75) is 19.4 Å². The summed E-state index contributed by atoms with van der Waals surface area (Å²) in [5.74, 6) is -0.0337. The van der Waals surface area contributed by atoms with Crippen LogP contribution in [-0.2, 0) is 4.79 Å². The molecular weight excluding hydrogens is 242 g/mol. The Kier molecular flexibility index (Phi) is 4.29. The number of rotatable bonds is 4. The predicted molar refractivity (Wildman–Crippen MR) is 74.1 cm³/mol. The third kappa shape index (κ3) is 3.87. The highest BCUT2D eigenvalue weighted by Crippen LogP contribution is 2.11. The van der Waals surface area contributed by atoms with Gasteiger partial charge in [0.05, 0.1) is 6.54 Å². The molecule has 0 aliphatic carbocycles. The highest BCUT2D eigenvalue weighted by molar-refractivity contribution is 5.96. The molecule has 1 amide bonds. The van der Waals surface area contributed by atoms with Crippen molar-refractivity contribution in [2.24, 2.45) is 5.73 Å². The van der Waals surface area contributed by atoms with Gasteiger partial charge in [-0.25, -0.2) is 0 Å². The molecule has 5 heteroatoms. The van der Waals surface area contributed by atoms with Gasteiger partial charge in [0, 0.05) is 30.4 Å². The van der Waals surface area contributed by atoms with Gasteiger partial charge in [-0.2, -0.15) is 0 Å². The van der Waals surface area contributed by atoms with Crippen molar-refractivity contribution in [3.63, 3.8) is 0 Å². The van der Waals surface area contributed by atoms with E-state index >= 15 is 0 Å². The summed E-state index contributed by atoms with van der Waals surface area (Å²) in [6.45, 7) is 3.53. The Bertz CT molecular complexity index is 470. The average Bonchev–Trinajstić information content (AvgIpc) is 2.75. The van der Waals surface area contributed by atoms with Crippen LogP contribution < -0.4 is 11.1 Å². The van der Waals surface area contributed by atoms with Crippen LogP contribution in [0.5, 0.6) is 0 Å². The third-order valence-electron chi connectivity index (χ3n) is 3.25. The van der Waals surface area contributed by atoms with Crippen molar-refractivity contribution in [1.29, 1.82) is 0 Å². The molecule has 0 spiro atoms. The molecule has 1 aliphatic heterocycles. The number of hydrogen-bond donors (Lipinski definition) is 2. The van der Waals surface area contributed by atoms with Crippen LogP contribution in [0.15, 0.2) is 24.3 Å². The Morgan fingerprint density at radius 3 is 2.58 bits per heavy atom. The maximum atomic E-state index is 11.8. The second kappa shape index (κ2) is 5.95. The molecule has 0 radical (unpaired) electrons. The summed E-state index contributed by atoms with van der Waals surface area (Å²) in [5, 5.41) is 2.82. The zero-order valence-electron chi connectivity index (χ0n) is 11.1. The van der Waals surface area contributed by atoms with Crippen molar-refractivity contribution in [1.82, 2.24) is 4.90 Å². The van der Waals surface area contributed by atoms with Crippen molar-refractivity contribution in [3.05, 3.63) is 29.8 Å². The molecule has 1 heterocycles. The minimum atomic E-state index is -0.0512. The number of nitrogens with two attached hydrogens (primary N) is 1. The van der Waals surface area contributed by atoms with Crippen molar-refractivity contribution in [3.8, 4) is 0 Å². The second-order valence-corrected chi connectivity index (χ2v) is 4.97. The van der Waals surface area contributed by atoms with Crippen LogP contribution in [0, 0.1) is 0 Å². The zero-order chi connectivity index (χ0) is 13.8. The Balaban J connectivity index is 1.86. The van der Waals surface area contributed by atoms with Crippen LogP contribution in [0.1, 0.15) is 23.7 Å².